The number of dihydropyridines is 1. The number of ketones is 1. The highest BCUT2D eigenvalue weighted by Crippen LogP contribution is 2.48. The van der Waals surface area contributed by atoms with Crippen LogP contribution in [0.25, 0.3) is 0 Å². The van der Waals surface area contributed by atoms with E-state index in [1.54, 1.807) is 6.92 Å². The van der Waals surface area contributed by atoms with Crippen LogP contribution in [0.4, 0.5) is 13.2 Å². The molecule has 0 bridgehead atoms. The molecule has 0 amide bonds. The van der Waals surface area contributed by atoms with Crippen molar-refractivity contribution in [2.45, 2.75) is 45.7 Å². The van der Waals surface area contributed by atoms with E-state index >= 15 is 0 Å². The lowest BCUT2D eigenvalue weighted by molar-refractivity contribution is -0.138. The number of allylic oxidation sites excluding steroid dienone is 4. The molecule has 0 radical (unpaired) electrons. The molecule has 1 aliphatic heterocycles. The van der Waals surface area contributed by atoms with E-state index in [4.69, 9.17) is 0 Å². The van der Waals surface area contributed by atoms with Gasteiger partial charge in [-0.1, -0.05) is 32.0 Å². The first-order valence-electron chi connectivity index (χ1n) is 8.35. The van der Waals surface area contributed by atoms with Crippen molar-refractivity contribution in [2.24, 2.45) is 5.41 Å². The van der Waals surface area contributed by atoms with Crippen molar-refractivity contribution in [3.63, 3.8) is 0 Å². The van der Waals surface area contributed by atoms with Gasteiger partial charge in [0.05, 0.1) is 23.1 Å². The number of nitrogens with zero attached hydrogens (tertiary/aromatic N) is 1. The van der Waals surface area contributed by atoms with Gasteiger partial charge in [0.1, 0.15) is 0 Å². The normalized spacial score (nSPS) is 22.7. The van der Waals surface area contributed by atoms with E-state index in [1.165, 1.54) is 18.2 Å². The Hall–Kier alpha value is -2.55. The van der Waals surface area contributed by atoms with Crippen LogP contribution >= 0.6 is 0 Å². The van der Waals surface area contributed by atoms with Crippen LogP contribution in [0.3, 0.4) is 0 Å². The zero-order valence-electron chi connectivity index (χ0n) is 14.8. The number of alkyl halides is 3. The first-order chi connectivity index (χ1) is 12.0. The fourth-order valence-electron chi connectivity index (χ4n) is 3.90. The third-order valence-corrected chi connectivity index (χ3v) is 4.94. The zero-order chi connectivity index (χ0) is 19.3. The molecule has 0 fully saturated rings. The Bertz CT molecular complexity index is 885. The van der Waals surface area contributed by atoms with E-state index < -0.39 is 17.7 Å². The van der Waals surface area contributed by atoms with Gasteiger partial charge in [-0.25, -0.2) is 0 Å². The van der Waals surface area contributed by atoms with E-state index in [-0.39, 0.29) is 28.8 Å². The number of hydrogen-bond donors (Lipinski definition) is 1. The molecule has 1 aromatic carbocycles. The molecule has 0 saturated heterocycles. The minimum absolute atomic E-state index is 0.0436. The molecule has 1 aromatic rings. The highest BCUT2D eigenvalue weighted by Gasteiger charge is 2.44. The molecule has 3 rings (SSSR count). The number of benzene rings is 1. The number of halogens is 3. The number of Topliss-reactive ketones (excluding diaryl/α,β-unsaturated/α-hetero) is 1. The summed E-state index contributed by atoms with van der Waals surface area (Å²) in [6, 6.07) is 7.20. The predicted octanol–water partition coefficient (Wildman–Crippen LogP) is 4.83. The first-order valence-corrected chi connectivity index (χ1v) is 8.35. The largest absolute Gasteiger partial charge is 0.416 e. The molecule has 1 N–H and O–H groups in total. The summed E-state index contributed by atoms with van der Waals surface area (Å²) >= 11 is 0. The van der Waals surface area contributed by atoms with Crippen molar-refractivity contribution >= 4 is 5.78 Å². The van der Waals surface area contributed by atoms with Crippen LogP contribution in [0.1, 0.15) is 50.7 Å². The summed E-state index contributed by atoms with van der Waals surface area (Å²) in [5.74, 6) is -1.19. The Balaban J connectivity index is 2.27. The fraction of sp³-hybridized carbons (Fsp3) is 0.400. The minimum Gasteiger partial charge on any atom is -0.361 e. The average Bonchev–Trinajstić information content (AvgIpc) is 2.51. The van der Waals surface area contributed by atoms with Crippen LogP contribution in [-0.2, 0) is 11.0 Å². The van der Waals surface area contributed by atoms with Crippen LogP contribution in [0.15, 0.2) is 46.8 Å². The van der Waals surface area contributed by atoms with Gasteiger partial charge in [-0.3, -0.25) is 4.79 Å². The lowest BCUT2D eigenvalue weighted by atomic mass is 9.68. The number of nitriles is 1. The van der Waals surface area contributed by atoms with Gasteiger partial charge in [0.2, 0.25) is 0 Å². The monoisotopic (exact) mass is 360 g/mol. The summed E-state index contributed by atoms with van der Waals surface area (Å²) in [6.07, 6.45) is -3.77. The molecular formula is C20H19F3N2O. The second-order valence-corrected chi connectivity index (χ2v) is 7.63. The second kappa shape index (κ2) is 6.01. The highest BCUT2D eigenvalue weighted by molar-refractivity contribution is 6.00. The van der Waals surface area contributed by atoms with E-state index in [0.717, 1.165) is 6.07 Å². The summed E-state index contributed by atoms with van der Waals surface area (Å²) < 4.78 is 40.7. The number of carbonyl (C=O) groups excluding carboxylic acids is 1. The van der Waals surface area contributed by atoms with Crippen molar-refractivity contribution < 1.29 is 18.0 Å². The summed E-state index contributed by atoms with van der Waals surface area (Å²) in [5, 5.41) is 12.7. The minimum atomic E-state index is -4.56. The van der Waals surface area contributed by atoms with Crippen molar-refractivity contribution in [1.29, 1.82) is 5.26 Å². The number of hydrogen-bond acceptors (Lipinski definition) is 3. The second-order valence-electron chi connectivity index (χ2n) is 7.63. The smallest absolute Gasteiger partial charge is 0.361 e. The van der Waals surface area contributed by atoms with Crippen molar-refractivity contribution in [1.82, 2.24) is 5.32 Å². The molecule has 3 nitrogen and oxygen atoms in total. The zero-order valence-corrected chi connectivity index (χ0v) is 14.8. The molecule has 1 heterocycles. The Labute approximate surface area is 150 Å². The maximum atomic E-state index is 13.6. The molecule has 0 unspecified atom stereocenters. The van der Waals surface area contributed by atoms with Gasteiger partial charge in [0.25, 0.3) is 0 Å². The highest BCUT2D eigenvalue weighted by atomic mass is 19.4. The first kappa shape index (κ1) is 18.2. The molecule has 0 saturated carbocycles. The molecule has 1 atom stereocenters. The quantitative estimate of drug-likeness (QED) is 0.780. The van der Waals surface area contributed by atoms with Crippen LogP contribution in [0.2, 0.25) is 0 Å². The van der Waals surface area contributed by atoms with Gasteiger partial charge in [-0.2, -0.15) is 18.4 Å². The standard InChI is InChI=1S/C20H19F3N2O/c1-11-13(10-24)17(12-6-4-5-7-14(12)20(21,22)23)18-15(25-11)8-19(2,3)9-16(18)26/h4-7,17,25H,8-9H2,1-3H3/t17-/m1/s1. The molecule has 0 spiro atoms. The molecule has 26 heavy (non-hydrogen) atoms. The topological polar surface area (TPSA) is 52.9 Å². The lowest BCUT2D eigenvalue weighted by Crippen LogP contribution is -2.37. The van der Waals surface area contributed by atoms with Gasteiger partial charge in [0, 0.05) is 23.4 Å². The van der Waals surface area contributed by atoms with Crippen LogP contribution in [0.5, 0.6) is 0 Å². The molecular weight excluding hydrogens is 341 g/mol. The third-order valence-electron chi connectivity index (χ3n) is 4.94. The number of carbonyl (C=O) groups is 1. The Morgan fingerprint density at radius 3 is 2.50 bits per heavy atom. The Morgan fingerprint density at radius 2 is 1.88 bits per heavy atom. The summed E-state index contributed by atoms with van der Waals surface area (Å²) in [7, 11) is 0. The lowest BCUT2D eigenvalue weighted by Gasteiger charge is -2.39. The van der Waals surface area contributed by atoms with E-state index in [2.05, 4.69) is 5.32 Å². The maximum Gasteiger partial charge on any atom is 0.416 e. The van der Waals surface area contributed by atoms with Crippen LogP contribution in [-0.4, -0.2) is 5.78 Å². The van der Waals surface area contributed by atoms with E-state index in [9.17, 15) is 23.2 Å². The van der Waals surface area contributed by atoms with Crippen LogP contribution < -0.4 is 5.32 Å². The van der Waals surface area contributed by atoms with Gasteiger partial charge in [-0.15, -0.1) is 0 Å². The predicted molar refractivity (Wildman–Crippen MR) is 90.7 cm³/mol. The Kier molecular flexibility index (Phi) is 4.22. The van der Waals surface area contributed by atoms with Crippen molar-refractivity contribution in [3.05, 3.63) is 57.9 Å². The van der Waals surface area contributed by atoms with Gasteiger partial charge >= 0.3 is 6.18 Å². The fourth-order valence-corrected chi connectivity index (χ4v) is 3.90. The number of nitrogens with one attached hydrogen (secondary N) is 1. The molecule has 1 aliphatic carbocycles. The summed E-state index contributed by atoms with van der Waals surface area (Å²) in [5.41, 5.74) is 0.455. The molecule has 2 aliphatic rings. The Morgan fingerprint density at radius 1 is 1.23 bits per heavy atom. The van der Waals surface area contributed by atoms with Gasteiger partial charge in [-0.05, 0) is 30.4 Å². The third kappa shape index (κ3) is 3.03. The van der Waals surface area contributed by atoms with Gasteiger partial charge < -0.3 is 5.32 Å². The SMILES string of the molecule is CC1=C(C#N)[C@@H](c2ccccc2C(F)(F)F)C2=C(CC(C)(C)CC2=O)N1. The maximum absolute atomic E-state index is 13.6. The van der Waals surface area contributed by atoms with Crippen molar-refractivity contribution in [2.75, 3.05) is 0 Å². The summed E-state index contributed by atoms with van der Waals surface area (Å²) in [4.78, 5) is 12.8. The van der Waals surface area contributed by atoms with E-state index in [0.29, 0.717) is 23.4 Å². The molecule has 0 aromatic heterocycles. The average molecular weight is 360 g/mol. The van der Waals surface area contributed by atoms with E-state index in [1.807, 2.05) is 19.9 Å². The summed E-state index contributed by atoms with van der Waals surface area (Å²) in [6.45, 7) is 5.57. The molecule has 6 heteroatoms. The molecule has 136 valence electrons. The van der Waals surface area contributed by atoms with Gasteiger partial charge in [0.15, 0.2) is 5.78 Å². The van der Waals surface area contributed by atoms with Crippen LogP contribution in [0, 0.1) is 16.7 Å². The van der Waals surface area contributed by atoms with Crippen molar-refractivity contribution in [3.8, 4) is 6.07 Å². The number of rotatable bonds is 1.